The maximum absolute atomic E-state index is 13.5. The molecule has 0 fully saturated rings. The van der Waals surface area contributed by atoms with Crippen LogP contribution >= 0.6 is 11.8 Å². The predicted molar refractivity (Wildman–Crippen MR) is 150 cm³/mol. The number of nitrogens with zero attached hydrogens (tertiary/aromatic N) is 2. The summed E-state index contributed by atoms with van der Waals surface area (Å²) in [4.78, 5) is 25.2. The zero-order valence-corrected chi connectivity index (χ0v) is 22.1. The number of nitrogens with one attached hydrogen (secondary N) is 1. The van der Waals surface area contributed by atoms with Gasteiger partial charge in [-0.15, -0.1) is 11.8 Å². The Hall–Kier alpha value is -4.15. The van der Waals surface area contributed by atoms with Gasteiger partial charge in [-0.3, -0.25) is 14.9 Å². The summed E-state index contributed by atoms with van der Waals surface area (Å²) in [6.07, 6.45) is 0. The minimum absolute atomic E-state index is 0.0811. The number of carbonyl (C=O) groups is 1. The van der Waals surface area contributed by atoms with Crippen LogP contribution in [0.1, 0.15) is 11.1 Å². The number of carbonyl (C=O) groups excluding carboxylic acids is 1. The van der Waals surface area contributed by atoms with Crippen LogP contribution in [0.15, 0.2) is 113 Å². The predicted octanol–water partition coefficient (Wildman–Crippen LogP) is 6.03. The summed E-state index contributed by atoms with van der Waals surface area (Å²) in [6, 6.07) is 28.6. The van der Waals surface area contributed by atoms with Gasteiger partial charge in [-0.1, -0.05) is 60.7 Å². The van der Waals surface area contributed by atoms with Crippen molar-refractivity contribution < 1.29 is 18.1 Å². The molecule has 0 saturated heterocycles. The molecule has 0 saturated carbocycles. The second-order valence-electron chi connectivity index (χ2n) is 8.37. The lowest BCUT2D eigenvalue weighted by Gasteiger charge is -2.24. The van der Waals surface area contributed by atoms with E-state index in [2.05, 4.69) is 5.32 Å². The summed E-state index contributed by atoms with van der Waals surface area (Å²) < 4.78 is 27.8. The normalized spacial score (nSPS) is 11.1. The molecule has 4 rings (SSSR count). The van der Waals surface area contributed by atoms with Crippen molar-refractivity contribution >= 4 is 44.8 Å². The minimum Gasteiger partial charge on any atom is -0.324 e. The fourth-order valence-corrected chi connectivity index (χ4v) is 6.13. The van der Waals surface area contributed by atoms with Crippen LogP contribution in [0.2, 0.25) is 0 Å². The zero-order valence-electron chi connectivity index (χ0n) is 20.5. The molecule has 8 nitrogen and oxygen atoms in total. The quantitative estimate of drug-likeness (QED) is 0.147. The number of nitro benzene ring substituents is 1. The van der Waals surface area contributed by atoms with Crippen LogP contribution in [0, 0.1) is 17.0 Å². The largest absolute Gasteiger partial charge is 0.324 e. The Bertz CT molecular complexity index is 1550. The van der Waals surface area contributed by atoms with E-state index >= 15 is 0 Å². The molecule has 0 aliphatic carbocycles. The van der Waals surface area contributed by atoms with Crippen molar-refractivity contribution in [1.82, 2.24) is 0 Å². The van der Waals surface area contributed by atoms with Gasteiger partial charge in [0.15, 0.2) is 0 Å². The lowest BCUT2D eigenvalue weighted by Crippen LogP contribution is -2.38. The smallest absolute Gasteiger partial charge is 0.293 e. The van der Waals surface area contributed by atoms with E-state index in [1.54, 1.807) is 36.0 Å². The second-order valence-corrected chi connectivity index (χ2v) is 11.3. The number of sulfonamides is 1. The first-order valence-electron chi connectivity index (χ1n) is 11.6. The minimum atomic E-state index is -4.28. The monoisotopic (exact) mass is 547 g/mol. The Balaban J connectivity index is 1.56. The average Bonchev–Trinajstić information content (AvgIpc) is 2.93. The molecule has 0 aliphatic heterocycles. The number of hydrogen-bond donors (Lipinski definition) is 1. The van der Waals surface area contributed by atoms with Crippen molar-refractivity contribution in [3.63, 3.8) is 0 Å². The summed E-state index contributed by atoms with van der Waals surface area (Å²) in [6.45, 7) is 1.21. The first kappa shape index (κ1) is 26.9. The van der Waals surface area contributed by atoms with Crippen LogP contribution in [-0.4, -0.2) is 25.8 Å². The number of rotatable bonds is 10. The molecule has 4 aromatic carbocycles. The van der Waals surface area contributed by atoms with E-state index in [0.717, 1.165) is 26.1 Å². The molecule has 0 aliphatic rings. The first-order chi connectivity index (χ1) is 18.3. The van der Waals surface area contributed by atoms with Gasteiger partial charge in [0.05, 0.1) is 9.82 Å². The summed E-state index contributed by atoms with van der Waals surface area (Å²) in [5.41, 5.74) is 1.80. The summed E-state index contributed by atoms with van der Waals surface area (Å²) in [5.74, 6) is 0.122. The van der Waals surface area contributed by atoms with Crippen LogP contribution in [0.5, 0.6) is 0 Å². The third-order valence-corrected chi connectivity index (χ3v) is 8.54. The van der Waals surface area contributed by atoms with Crippen LogP contribution in [-0.2, 0) is 20.6 Å². The topological polar surface area (TPSA) is 110 Å². The Morgan fingerprint density at radius 1 is 0.921 bits per heavy atom. The van der Waals surface area contributed by atoms with E-state index in [0.29, 0.717) is 5.69 Å². The number of nitro groups is 1. The van der Waals surface area contributed by atoms with Gasteiger partial charge in [-0.25, -0.2) is 12.7 Å². The molecule has 0 unspecified atom stereocenters. The van der Waals surface area contributed by atoms with Gasteiger partial charge >= 0.3 is 0 Å². The number of amides is 1. The molecule has 0 radical (unpaired) electrons. The lowest BCUT2D eigenvalue weighted by atomic mass is 10.1. The van der Waals surface area contributed by atoms with Gasteiger partial charge in [0.2, 0.25) is 5.91 Å². The highest BCUT2D eigenvalue weighted by Gasteiger charge is 2.32. The van der Waals surface area contributed by atoms with Crippen LogP contribution in [0.3, 0.4) is 0 Å². The number of aryl methyl sites for hydroxylation is 1. The Morgan fingerprint density at radius 3 is 2.21 bits per heavy atom. The van der Waals surface area contributed by atoms with Gasteiger partial charge in [0.25, 0.3) is 15.7 Å². The average molecular weight is 548 g/mol. The molecule has 4 aromatic rings. The van der Waals surface area contributed by atoms with E-state index in [9.17, 15) is 23.3 Å². The zero-order chi connectivity index (χ0) is 27.1. The molecule has 0 bridgehead atoms. The maximum Gasteiger partial charge on any atom is 0.293 e. The number of hydrogen-bond acceptors (Lipinski definition) is 6. The van der Waals surface area contributed by atoms with Gasteiger partial charge < -0.3 is 5.32 Å². The highest BCUT2D eigenvalue weighted by molar-refractivity contribution is 7.98. The standard InChI is InChI=1S/C28H25N3O5S2/c1-21-18-22(20-37-23-10-4-2-5-11-23)16-17-25(21)29-28(32)19-30(26-14-8-9-15-27(26)31(33)34)38(35,36)24-12-6-3-7-13-24/h2-18H,19-20H2,1H3,(H,29,32). The summed E-state index contributed by atoms with van der Waals surface area (Å²) in [7, 11) is -4.28. The Morgan fingerprint density at radius 2 is 1.55 bits per heavy atom. The molecule has 38 heavy (non-hydrogen) atoms. The molecule has 0 spiro atoms. The molecule has 1 amide bonds. The van der Waals surface area contributed by atoms with Crippen molar-refractivity contribution in [2.75, 3.05) is 16.2 Å². The maximum atomic E-state index is 13.5. The van der Waals surface area contributed by atoms with E-state index in [1.165, 1.54) is 36.4 Å². The first-order valence-corrected chi connectivity index (χ1v) is 14.1. The van der Waals surface area contributed by atoms with Crippen molar-refractivity contribution in [3.8, 4) is 0 Å². The number of para-hydroxylation sites is 2. The molecule has 194 valence electrons. The van der Waals surface area contributed by atoms with Gasteiger partial charge in [-0.2, -0.15) is 0 Å². The van der Waals surface area contributed by atoms with Crippen molar-refractivity contribution in [2.24, 2.45) is 0 Å². The highest BCUT2D eigenvalue weighted by Crippen LogP contribution is 2.32. The highest BCUT2D eigenvalue weighted by atomic mass is 32.2. The Kier molecular flexibility index (Phi) is 8.45. The molecule has 0 atom stereocenters. The molecular formula is C28H25N3O5S2. The Labute approximate surface area is 225 Å². The molecular weight excluding hydrogens is 522 g/mol. The fourth-order valence-electron chi connectivity index (χ4n) is 3.81. The number of anilines is 2. The third-order valence-electron chi connectivity index (χ3n) is 5.68. The fraction of sp³-hybridized carbons (Fsp3) is 0.107. The summed E-state index contributed by atoms with van der Waals surface area (Å²) >= 11 is 1.70. The molecule has 10 heteroatoms. The van der Waals surface area contributed by atoms with Crippen LogP contribution in [0.25, 0.3) is 0 Å². The van der Waals surface area contributed by atoms with Crippen molar-refractivity contribution in [1.29, 1.82) is 0 Å². The van der Waals surface area contributed by atoms with Crippen molar-refractivity contribution in [2.45, 2.75) is 22.5 Å². The number of thioether (sulfide) groups is 1. The van der Waals surface area contributed by atoms with Crippen LogP contribution in [0.4, 0.5) is 17.1 Å². The lowest BCUT2D eigenvalue weighted by molar-refractivity contribution is -0.384. The molecule has 1 N–H and O–H groups in total. The van der Waals surface area contributed by atoms with Gasteiger partial charge in [0, 0.05) is 22.4 Å². The van der Waals surface area contributed by atoms with E-state index in [4.69, 9.17) is 0 Å². The van der Waals surface area contributed by atoms with E-state index in [-0.39, 0.29) is 10.6 Å². The second kappa shape index (κ2) is 11.9. The number of benzene rings is 4. The van der Waals surface area contributed by atoms with E-state index in [1.807, 2.05) is 49.4 Å². The van der Waals surface area contributed by atoms with Crippen LogP contribution < -0.4 is 9.62 Å². The summed E-state index contributed by atoms with van der Waals surface area (Å²) in [5, 5.41) is 14.4. The van der Waals surface area contributed by atoms with E-state index < -0.39 is 33.1 Å². The molecule has 0 heterocycles. The molecule has 0 aromatic heterocycles. The van der Waals surface area contributed by atoms with Gasteiger partial charge in [0.1, 0.15) is 12.2 Å². The van der Waals surface area contributed by atoms with Crippen molar-refractivity contribution in [3.05, 3.63) is 124 Å². The van der Waals surface area contributed by atoms with Gasteiger partial charge in [-0.05, 0) is 54.4 Å². The SMILES string of the molecule is Cc1cc(CSc2ccccc2)ccc1NC(=O)CN(c1ccccc1[N+](=O)[O-])S(=O)(=O)c1ccccc1. The third kappa shape index (κ3) is 6.39.